The van der Waals surface area contributed by atoms with Gasteiger partial charge in [-0.1, -0.05) is 30.3 Å². The average molecular weight is 359 g/mol. The number of methoxy groups -OCH3 is 1. The Morgan fingerprint density at radius 3 is 2.56 bits per heavy atom. The molecule has 0 aromatic heterocycles. The summed E-state index contributed by atoms with van der Waals surface area (Å²) in [6.07, 6.45) is 0.649. The third-order valence-corrected chi connectivity index (χ3v) is 4.82. The lowest BCUT2D eigenvalue weighted by molar-refractivity contribution is -0.136. The molecule has 2 rings (SSSR count). The molecule has 0 radical (unpaired) electrons. The molecular weight excluding hydrogens is 338 g/mol. The number of carboxylic acid groups (broad SMARTS) is 1. The highest BCUT2D eigenvalue weighted by Crippen LogP contribution is 2.27. The van der Waals surface area contributed by atoms with E-state index in [1.165, 1.54) is 0 Å². The minimum Gasteiger partial charge on any atom is -0.496 e. The van der Waals surface area contributed by atoms with Crippen molar-refractivity contribution in [1.82, 2.24) is 5.32 Å². The molecule has 1 atom stereocenters. The number of rotatable bonds is 8. The Morgan fingerprint density at radius 2 is 1.84 bits per heavy atom. The van der Waals surface area contributed by atoms with E-state index in [9.17, 15) is 9.59 Å². The van der Waals surface area contributed by atoms with Crippen LogP contribution in [0, 0.1) is 0 Å². The van der Waals surface area contributed by atoms with Crippen molar-refractivity contribution in [2.45, 2.75) is 23.5 Å². The van der Waals surface area contributed by atoms with Gasteiger partial charge in [-0.2, -0.15) is 0 Å². The molecule has 0 fully saturated rings. The first-order valence-corrected chi connectivity index (χ1v) is 8.79. The molecule has 2 aromatic carbocycles. The van der Waals surface area contributed by atoms with Crippen LogP contribution in [-0.4, -0.2) is 35.9 Å². The molecule has 0 heterocycles. The van der Waals surface area contributed by atoms with Crippen molar-refractivity contribution < 1.29 is 19.4 Å². The molecule has 0 saturated carbocycles. The Balaban J connectivity index is 2.00. The predicted molar refractivity (Wildman–Crippen MR) is 98.4 cm³/mol. The fourth-order valence-electron chi connectivity index (χ4n) is 2.31. The Bertz CT molecular complexity index is 748. The van der Waals surface area contributed by atoms with Crippen LogP contribution in [0.1, 0.15) is 22.8 Å². The molecule has 1 unspecified atom stereocenters. The maximum absolute atomic E-state index is 12.5. The molecule has 5 nitrogen and oxygen atoms in total. The maximum atomic E-state index is 12.5. The molecule has 0 spiro atoms. The van der Waals surface area contributed by atoms with E-state index in [1.807, 2.05) is 24.3 Å². The number of amides is 1. The summed E-state index contributed by atoms with van der Waals surface area (Å²) < 4.78 is 5.30. The molecule has 0 aliphatic heterocycles. The molecule has 25 heavy (non-hydrogen) atoms. The topological polar surface area (TPSA) is 75.6 Å². The molecule has 0 aliphatic carbocycles. The molecule has 0 saturated heterocycles. The molecule has 1 amide bonds. The summed E-state index contributed by atoms with van der Waals surface area (Å²) >= 11 is 1.16. The number of hydrogen-bond acceptors (Lipinski definition) is 4. The van der Waals surface area contributed by atoms with Crippen molar-refractivity contribution in [2.24, 2.45) is 0 Å². The van der Waals surface area contributed by atoms with Crippen molar-refractivity contribution in [2.75, 3.05) is 13.7 Å². The number of carbonyl (C=O) groups excluding carboxylic acids is 1. The van der Waals surface area contributed by atoms with Crippen molar-refractivity contribution in [1.29, 1.82) is 0 Å². The summed E-state index contributed by atoms with van der Waals surface area (Å²) in [4.78, 5) is 24.2. The maximum Gasteiger partial charge on any atom is 0.316 e. The summed E-state index contributed by atoms with van der Waals surface area (Å²) in [6, 6.07) is 14.7. The van der Waals surface area contributed by atoms with Gasteiger partial charge in [0.15, 0.2) is 0 Å². The van der Waals surface area contributed by atoms with Gasteiger partial charge in [0.05, 0.1) is 12.7 Å². The normalized spacial score (nSPS) is 11.6. The van der Waals surface area contributed by atoms with Gasteiger partial charge in [0, 0.05) is 11.4 Å². The average Bonchev–Trinajstić information content (AvgIpc) is 2.62. The van der Waals surface area contributed by atoms with Crippen molar-refractivity contribution >= 4 is 23.6 Å². The van der Waals surface area contributed by atoms with E-state index in [0.29, 0.717) is 23.4 Å². The third kappa shape index (κ3) is 5.26. The van der Waals surface area contributed by atoms with Gasteiger partial charge in [-0.15, -0.1) is 11.8 Å². The van der Waals surface area contributed by atoms with Gasteiger partial charge < -0.3 is 15.2 Å². The number of benzene rings is 2. The number of hydrogen-bond donors (Lipinski definition) is 2. The highest BCUT2D eigenvalue weighted by atomic mass is 32.2. The first-order valence-electron chi connectivity index (χ1n) is 7.91. The molecule has 2 aromatic rings. The van der Waals surface area contributed by atoms with Crippen molar-refractivity contribution in [3.8, 4) is 5.75 Å². The first-order chi connectivity index (χ1) is 12.0. The lowest BCUT2D eigenvalue weighted by Gasteiger charge is -2.12. The fraction of sp³-hybridized carbons (Fsp3) is 0.263. The number of thioether (sulfide) groups is 1. The van der Waals surface area contributed by atoms with E-state index < -0.39 is 11.2 Å². The van der Waals surface area contributed by atoms with Gasteiger partial charge in [-0.05, 0) is 37.1 Å². The number of aliphatic carboxylic acids is 1. The van der Waals surface area contributed by atoms with Crippen LogP contribution in [0.5, 0.6) is 5.75 Å². The molecule has 132 valence electrons. The lowest BCUT2D eigenvalue weighted by Crippen LogP contribution is -2.26. The van der Waals surface area contributed by atoms with Crippen LogP contribution in [-0.2, 0) is 11.2 Å². The Kier molecular flexibility index (Phi) is 6.89. The summed E-state index contributed by atoms with van der Waals surface area (Å²) in [5.74, 6) is -0.324. The summed E-state index contributed by atoms with van der Waals surface area (Å²) in [5.41, 5.74) is 1.51. The van der Waals surface area contributed by atoms with E-state index in [0.717, 1.165) is 23.1 Å². The zero-order valence-electron chi connectivity index (χ0n) is 14.2. The SMILES string of the molecule is COc1ccccc1CCNC(=O)c1ccccc1SC(C)C(=O)O. The van der Waals surface area contributed by atoms with Crippen LogP contribution in [0.2, 0.25) is 0 Å². The standard InChI is InChI=1S/C19H21NO4S/c1-13(19(22)23)25-17-10-6-4-8-15(17)18(21)20-12-11-14-7-3-5-9-16(14)24-2/h3-10,13H,11-12H2,1-2H3,(H,20,21)(H,22,23). The number of carbonyl (C=O) groups is 2. The zero-order valence-corrected chi connectivity index (χ0v) is 15.0. The number of para-hydroxylation sites is 1. The first kappa shape index (κ1) is 18.9. The number of ether oxygens (including phenoxy) is 1. The molecule has 0 bridgehead atoms. The second-order valence-corrected chi connectivity index (χ2v) is 6.79. The van der Waals surface area contributed by atoms with Gasteiger partial charge in [0.25, 0.3) is 5.91 Å². The monoisotopic (exact) mass is 359 g/mol. The largest absolute Gasteiger partial charge is 0.496 e. The van der Waals surface area contributed by atoms with Gasteiger partial charge in [-0.25, -0.2) is 0 Å². The Hall–Kier alpha value is -2.47. The Morgan fingerprint density at radius 1 is 1.16 bits per heavy atom. The predicted octanol–water partition coefficient (Wildman–Crippen LogP) is 3.23. The Labute approximate surface area is 151 Å². The zero-order chi connectivity index (χ0) is 18.2. The molecule has 6 heteroatoms. The third-order valence-electron chi connectivity index (χ3n) is 3.66. The lowest BCUT2D eigenvalue weighted by atomic mass is 10.1. The minimum absolute atomic E-state index is 0.212. The smallest absolute Gasteiger partial charge is 0.316 e. The van der Waals surface area contributed by atoms with Crippen LogP contribution in [0.25, 0.3) is 0 Å². The van der Waals surface area contributed by atoms with Gasteiger partial charge in [0.1, 0.15) is 11.0 Å². The molecule has 2 N–H and O–H groups in total. The van der Waals surface area contributed by atoms with Gasteiger partial charge in [0.2, 0.25) is 0 Å². The van der Waals surface area contributed by atoms with Crippen molar-refractivity contribution in [3.63, 3.8) is 0 Å². The van der Waals surface area contributed by atoms with Crippen LogP contribution in [0.4, 0.5) is 0 Å². The second-order valence-electron chi connectivity index (χ2n) is 5.41. The van der Waals surface area contributed by atoms with Gasteiger partial charge >= 0.3 is 5.97 Å². The minimum atomic E-state index is -0.906. The van der Waals surface area contributed by atoms with E-state index in [2.05, 4.69) is 5.32 Å². The summed E-state index contributed by atoms with van der Waals surface area (Å²) in [7, 11) is 1.62. The van der Waals surface area contributed by atoms with E-state index >= 15 is 0 Å². The highest BCUT2D eigenvalue weighted by Gasteiger charge is 2.17. The van der Waals surface area contributed by atoms with Crippen molar-refractivity contribution in [3.05, 3.63) is 59.7 Å². The number of nitrogens with one attached hydrogen (secondary N) is 1. The van der Waals surface area contributed by atoms with Crippen LogP contribution in [0.3, 0.4) is 0 Å². The van der Waals surface area contributed by atoms with E-state index in [4.69, 9.17) is 9.84 Å². The molecule has 0 aliphatic rings. The van der Waals surface area contributed by atoms with E-state index in [-0.39, 0.29) is 5.91 Å². The fourth-order valence-corrected chi connectivity index (χ4v) is 3.24. The van der Waals surface area contributed by atoms with Crippen LogP contribution < -0.4 is 10.1 Å². The highest BCUT2D eigenvalue weighted by molar-refractivity contribution is 8.00. The molecular formula is C19H21NO4S. The summed E-state index contributed by atoms with van der Waals surface area (Å²) in [6.45, 7) is 2.07. The van der Waals surface area contributed by atoms with Gasteiger partial charge in [-0.3, -0.25) is 9.59 Å². The summed E-state index contributed by atoms with van der Waals surface area (Å²) in [5, 5.41) is 11.3. The van der Waals surface area contributed by atoms with E-state index in [1.54, 1.807) is 38.3 Å². The van der Waals surface area contributed by atoms with Crippen LogP contribution in [0.15, 0.2) is 53.4 Å². The second kappa shape index (κ2) is 9.13. The number of carboxylic acids is 1. The quantitative estimate of drug-likeness (QED) is 0.708. The van der Waals surface area contributed by atoms with Crippen LogP contribution >= 0.6 is 11.8 Å².